The molecule has 0 saturated heterocycles. The Morgan fingerprint density at radius 2 is 0.882 bits per heavy atom. The first-order valence-corrected chi connectivity index (χ1v) is 26.1. The molecule has 4 nitrogen and oxygen atoms in total. The molecular weight excluding hydrogens is 833 g/mol. The highest BCUT2D eigenvalue weighted by atomic mass is 16.5. The number of carboxylic acids is 1. The summed E-state index contributed by atoms with van der Waals surface area (Å²) in [5.74, 6) is 1.65. The van der Waals surface area contributed by atoms with Crippen LogP contribution in [0.3, 0.4) is 0 Å². The van der Waals surface area contributed by atoms with Crippen LogP contribution < -0.4 is 4.74 Å². The molecule has 6 aromatic rings. The Bertz CT molecular complexity index is 2370. The van der Waals surface area contributed by atoms with Gasteiger partial charge in [0.05, 0.1) is 11.1 Å². The van der Waals surface area contributed by atoms with E-state index in [0.29, 0.717) is 22.8 Å². The first-order chi connectivity index (χ1) is 33.0. The fourth-order valence-corrected chi connectivity index (χ4v) is 8.60. The molecule has 0 amide bonds. The van der Waals surface area contributed by atoms with Crippen LogP contribution in [0.5, 0.6) is 5.75 Å². The summed E-state index contributed by atoms with van der Waals surface area (Å²) in [7, 11) is 0. The van der Waals surface area contributed by atoms with Crippen LogP contribution >= 0.6 is 0 Å². The van der Waals surface area contributed by atoms with E-state index in [1.807, 2.05) is 48.5 Å². The second kappa shape index (κ2) is 28.6. The lowest BCUT2D eigenvalue weighted by Crippen LogP contribution is -2.08. The molecular formula is C64H80O4. The predicted molar refractivity (Wildman–Crippen MR) is 288 cm³/mol. The molecule has 3 atom stereocenters. The van der Waals surface area contributed by atoms with Crippen LogP contribution in [0.4, 0.5) is 0 Å². The van der Waals surface area contributed by atoms with Crippen molar-refractivity contribution in [2.45, 2.75) is 151 Å². The highest BCUT2D eigenvalue weighted by molar-refractivity contribution is 5.92. The number of aromatic carboxylic acids is 1. The van der Waals surface area contributed by atoms with Crippen molar-refractivity contribution in [1.29, 1.82) is 0 Å². The Hall–Kier alpha value is -5.74. The number of hydrogen-bond acceptors (Lipinski definition) is 3. The fraction of sp³-hybridized carbons (Fsp3) is 0.406. The van der Waals surface area contributed by atoms with Crippen molar-refractivity contribution >= 4 is 11.9 Å². The topological polar surface area (TPSA) is 63.6 Å². The molecule has 1 N–H and O–H groups in total. The highest BCUT2D eigenvalue weighted by Crippen LogP contribution is 2.34. The minimum absolute atomic E-state index is 0.316. The Kier molecular flexibility index (Phi) is 22.3. The van der Waals surface area contributed by atoms with E-state index in [1.54, 1.807) is 12.1 Å². The summed E-state index contributed by atoms with van der Waals surface area (Å²) in [5.41, 5.74) is 13.2. The first kappa shape index (κ1) is 53.2. The van der Waals surface area contributed by atoms with Gasteiger partial charge in [0.2, 0.25) is 0 Å². The van der Waals surface area contributed by atoms with Crippen molar-refractivity contribution in [3.63, 3.8) is 0 Å². The molecule has 6 aromatic carbocycles. The molecule has 0 aromatic heterocycles. The van der Waals surface area contributed by atoms with E-state index in [0.717, 1.165) is 54.2 Å². The van der Waals surface area contributed by atoms with E-state index in [-0.39, 0.29) is 5.97 Å². The van der Waals surface area contributed by atoms with Crippen molar-refractivity contribution in [2.24, 2.45) is 17.8 Å². The molecule has 0 aliphatic heterocycles. The number of aryl methyl sites for hydroxylation is 3. The van der Waals surface area contributed by atoms with Gasteiger partial charge in [-0.05, 0) is 155 Å². The smallest absolute Gasteiger partial charge is 0.343 e. The van der Waals surface area contributed by atoms with Crippen LogP contribution in [-0.2, 0) is 25.7 Å². The van der Waals surface area contributed by atoms with Crippen LogP contribution in [-0.4, -0.2) is 17.0 Å². The van der Waals surface area contributed by atoms with Gasteiger partial charge in [0.15, 0.2) is 0 Å². The molecule has 0 aliphatic rings. The maximum absolute atomic E-state index is 12.6. The van der Waals surface area contributed by atoms with Gasteiger partial charge in [-0.3, -0.25) is 0 Å². The molecule has 3 unspecified atom stereocenters. The molecule has 0 aliphatic carbocycles. The summed E-state index contributed by atoms with van der Waals surface area (Å²) in [5, 5.41) is 9.26. The van der Waals surface area contributed by atoms with Gasteiger partial charge in [0, 0.05) is 0 Å². The number of rotatable bonds is 25. The normalized spacial score (nSPS) is 12.4. The molecule has 4 heteroatoms. The van der Waals surface area contributed by atoms with E-state index >= 15 is 0 Å². The zero-order chi connectivity index (χ0) is 48.7. The maximum Gasteiger partial charge on any atom is 0.343 e. The fourth-order valence-electron chi connectivity index (χ4n) is 8.60. The number of carboxylic acid groups (broad SMARTS) is 1. The molecule has 0 radical (unpaired) electrons. The summed E-state index contributed by atoms with van der Waals surface area (Å²) in [6.07, 6.45) is 19.5. The molecule has 0 heterocycles. The number of carbonyl (C=O) groups excluding carboxylic acids is 1. The van der Waals surface area contributed by atoms with Crippen LogP contribution in [0.15, 0.2) is 140 Å². The Balaban J connectivity index is 0.000000255. The lowest BCUT2D eigenvalue weighted by atomic mass is 9.90. The van der Waals surface area contributed by atoms with Gasteiger partial charge >= 0.3 is 11.9 Å². The SMILES string of the molecule is CCC(C)CCCc1ccc(-c2ccc(C(=O)O)cc2)c(-c2ccc(CC(C)CC)cc2)c1.CCCCCCCc1ccc(OC(=O)c2ccc(-c3ccc(CCCC(C)CC)cc3)cc2)cc1. The van der Waals surface area contributed by atoms with Crippen LogP contribution in [0, 0.1) is 17.8 Å². The minimum atomic E-state index is -0.893. The largest absolute Gasteiger partial charge is 0.478 e. The molecule has 6 rings (SSSR count). The summed E-state index contributed by atoms with van der Waals surface area (Å²) >= 11 is 0. The third kappa shape index (κ3) is 17.4. The van der Waals surface area contributed by atoms with E-state index in [2.05, 4.69) is 127 Å². The van der Waals surface area contributed by atoms with Crippen molar-refractivity contribution < 1.29 is 19.4 Å². The number of unbranched alkanes of at least 4 members (excludes halogenated alkanes) is 4. The van der Waals surface area contributed by atoms with E-state index in [1.165, 1.54) is 116 Å². The van der Waals surface area contributed by atoms with Gasteiger partial charge in [-0.2, -0.15) is 0 Å². The molecule has 68 heavy (non-hydrogen) atoms. The summed E-state index contributed by atoms with van der Waals surface area (Å²) in [6, 6.07) is 47.4. The number of esters is 1. The molecule has 0 spiro atoms. The Morgan fingerprint density at radius 3 is 1.44 bits per heavy atom. The van der Waals surface area contributed by atoms with E-state index < -0.39 is 5.97 Å². The maximum atomic E-state index is 12.6. The summed E-state index contributed by atoms with van der Waals surface area (Å²) in [6.45, 7) is 16.0. The second-order valence-electron chi connectivity index (χ2n) is 19.5. The van der Waals surface area contributed by atoms with Crippen LogP contribution in [0.25, 0.3) is 33.4 Å². The molecule has 360 valence electrons. The van der Waals surface area contributed by atoms with E-state index in [9.17, 15) is 14.7 Å². The number of hydrogen-bond donors (Lipinski definition) is 1. The Labute approximate surface area is 410 Å². The first-order valence-electron chi connectivity index (χ1n) is 26.1. The zero-order valence-corrected chi connectivity index (χ0v) is 42.5. The van der Waals surface area contributed by atoms with Gasteiger partial charge in [-0.15, -0.1) is 0 Å². The average molecular weight is 913 g/mol. The number of ether oxygens (including phenoxy) is 1. The van der Waals surface area contributed by atoms with Crippen molar-refractivity contribution in [1.82, 2.24) is 0 Å². The quantitative estimate of drug-likeness (QED) is 0.0353. The monoisotopic (exact) mass is 913 g/mol. The zero-order valence-electron chi connectivity index (χ0n) is 42.5. The summed E-state index contributed by atoms with van der Waals surface area (Å²) in [4.78, 5) is 23.9. The Morgan fingerprint density at radius 1 is 0.441 bits per heavy atom. The van der Waals surface area contributed by atoms with Gasteiger partial charge in [-0.1, -0.05) is 209 Å². The number of carbonyl (C=O) groups is 2. The standard InChI is InChI=1S/C33H42O2.C31H38O2/c1-4-6-7-8-9-12-27-16-24-32(25-17-27)35-33(34)31-22-20-30(21-23-31)29-18-14-28(15-19-29)13-10-11-26(3)5-2;1-5-22(3)8-7-9-24-12-19-29(26-15-17-28(18-16-26)31(32)33)30(21-24)27-13-10-25(11-14-27)20-23(4)6-2/h14-26H,4-13H2,1-3H3;10-19,21-23H,5-9,20H2,1-4H3,(H,32,33). The lowest BCUT2D eigenvalue weighted by Gasteiger charge is -2.15. The third-order valence-corrected chi connectivity index (χ3v) is 13.9. The second-order valence-corrected chi connectivity index (χ2v) is 19.5. The average Bonchev–Trinajstić information content (AvgIpc) is 3.37. The highest BCUT2D eigenvalue weighted by Gasteiger charge is 2.13. The van der Waals surface area contributed by atoms with Crippen molar-refractivity contribution in [3.8, 4) is 39.1 Å². The lowest BCUT2D eigenvalue weighted by molar-refractivity contribution is 0.0694. The predicted octanol–water partition coefficient (Wildman–Crippen LogP) is 18.1. The molecule has 0 bridgehead atoms. The third-order valence-electron chi connectivity index (χ3n) is 13.9. The molecule has 0 saturated carbocycles. The van der Waals surface area contributed by atoms with Gasteiger partial charge in [-0.25, -0.2) is 9.59 Å². The van der Waals surface area contributed by atoms with Crippen LogP contribution in [0.2, 0.25) is 0 Å². The van der Waals surface area contributed by atoms with Gasteiger partial charge < -0.3 is 9.84 Å². The number of benzene rings is 6. The van der Waals surface area contributed by atoms with Crippen molar-refractivity contribution in [3.05, 3.63) is 173 Å². The van der Waals surface area contributed by atoms with Crippen LogP contribution in [0.1, 0.15) is 168 Å². The van der Waals surface area contributed by atoms with Crippen molar-refractivity contribution in [2.75, 3.05) is 0 Å². The van der Waals surface area contributed by atoms with E-state index in [4.69, 9.17) is 4.74 Å². The minimum Gasteiger partial charge on any atom is -0.478 e. The molecule has 0 fully saturated rings. The van der Waals surface area contributed by atoms with Gasteiger partial charge in [0.25, 0.3) is 0 Å². The summed E-state index contributed by atoms with van der Waals surface area (Å²) < 4.78 is 5.60. The van der Waals surface area contributed by atoms with Gasteiger partial charge in [0.1, 0.15) is 5.75 Å².